The normalized spacial score (nSPS) is 20.0. The van der Waals surface area contributed by atoms with Gasteiger partial charge in [0.15, 0.2) is 6.33 Å². The van der Waals surface area contributed by atoms with Crippen LogP contribution in [0.15, 0.2) is 10.9 Å². The molecule has 11 nitrogen and oxygen atoms in total. The van der Waals surface area contributed by atoms with Crippen LogP contribution in [-0.2, 0) is 14.7 Å². The SMILES string of the molecule is CCCC[N+](CCCC)(CCCC)CCCC.O=C1N2C[C@@H](CC[C@H]2c2ncno2)N1OS(=O)(=O)[O-]. The standard InChI is InChI=1S/C16H36N.C8H10N4O6S/c1-5-9-13-17(14-10-6-2,15-11-7-3)16-12-8-4;13-8-11-3-5(12(8)18-19(14,15)16)1-2-6(11)7-9-4-10-17-7/h5-16H2,1-4H3;4-6H,1-3H2,(H,14,15,16)/q+1;/p-1/t;5-,6+/m.1/s1. The first-order valence-corrected chi connectivity index (χ1v) is 14.9. The number of fused-ring (bicyclic) bond motifs is 2. The van der Waals surface area contributed by atoms with Crippen molar-refractivity contribution in [2.24, 2.45) is 0 Å². The molecule has 0 unspecified atom stereocenters. The molecular formula is C24H45N5O6S. The maximum absolute atomic E-state index is 12.0. The number of rotatable bonds is 15. The fraction of sp³-hybridized carbons (Fsp3) is 0.875. The molecule has 2 bridgehead atoms. The van der Waals surface area contributed by atoms with Crippen molar-refractivity contribution in [1.82, 2.24) is 20.1 Å². The van der Waals surface area contributed by atoms with Gasteiger partial charge in [0.25, 0.3) is 0 Å². The van der Waals surface area contributed by atoms with E-state index in [4.69, 9.17) is 4.52 Å². The minimum atomic E-state index is -4.97. The Labute approximate surface area is 216 Å². The van der Waals surface area contributed by atoms with Crippen LogP contribution in [0.3, 0.4) is 0 Å². The monoisotopic (exact) mass is 531 g/mol. The Bertz CT molecular complexity index is 829. The van der Waals surface area contributed by atoms with Crippen molar-refractivity contribution in [3.63, 3.8) is 0 Å². The number of carbonyl (C=O) groups is 1. The van der Waals surface area contributed by atoms with Crippen molar-refractivity contribution in [2.45, 2.75) is 104 Å². The van der Waals surface area contributed by atoms with Gasteiger partial charge in [-0.3, -0.25) is 0 Å². The Morgan fingerprint density at radius 2 is 1.53 bits per heavy atom. The van der Waals surface area contributed by atoms with E-state index in [1.807, 2.05) is 0 Å². The third kappa shape index (κ3) is 8.97. The van der Waals surface area contributed by atoms with Crippen LogP contribution < -0.4 is 0 Å². The van der Waals surface area contributed by atoms with Crippen molar-refractivity contribution >= 4 is 16.4 Å². The lowest BCUT2D eigenvalue weighted by molar-refractivity contribution is -0.929. The van der Waals surface area contributed by atoms with Crippen LogP contribution in [0.5, 0.6) is 0 Å². The summed E-state index contributed by atoms with van der Waals surface area (Å²) in [5, 5.41) is 4.08. The summed E-state index contributed by atoms with van der Waals surface area (Å²) in [5.41, 5.74) is 0. The molecule has 36 heavy (non-hydrogen) atoms. The number of carbonyl (C=O) groups excluding carboxylic acids is 1. The molecule has 1 aromatic heterocycles. The van der Waals surface area contributed by atoms with Crippen LogP contribution in [-0.4, -0.2) is 82.4 Å². The largest absolute Gasteiger partial charge is 0.724 e. The van der Waals surface area contributed by atoms with E-state index in [1.54, 1.807) is 0 Å². The van der Waals surface area contributed by atoms with E-state index in [0.29, 0.717) is 17.9 Å². The molecule has 0 N–H and O–H groups in total. The van der Waals surface area contributed by atoms with E-state index in [-0.39, 0.29) is 12.4 Å². The molecule has 0 aliphatic carbocycles. The van der Waals surface area contributed by atoms with Crippen LogP contribution in [0.4, 0.5) is 4.79 Å². The van der Waals surface area contributed by atoms with Crippen LogP contribution in [0.1, 0.15) is 104 Å². The third-order valence-corrected chi connectivity index (χ3v) is 7.45. The quantitative estimate of drug-likeness (QED) is 0.185. The average Bonchev–Trinajstić information content (AvgIpc) is 3.47. The molecule has 1 aromatic rings. The van der Waals surface area contributed by atoms with E-state index < -0.39 is 28.5 Å². The number of unbranched alkanes of at least 4 members (excludes halogenated alkanes) is 4. The first kappa shape index (κ1) is 30.5. The van der Waals surface area contributed by atoms with Gasteiger partial charge in [0.1, 0.15) is 6.04 Å². The van der Waals surface area contributed by atoms with Gasteiger partial charge in [-0.1, -0.05) is 58.5 Å². The van der Waals surface area contributed by atoms with E-state index >= 15 is 0 Å². The molecular weight excluding hydrogens is 486 g/mol. The zero-order valence-corrected chi connectivity index (χ0v) is 23.2. The van der Waals surface area contributed by atoms with E-state index in [1.165, 1.54) is 93.3 Å². The molecule has 2 amide bonds. The molecule has 2 saturated heterocycles. The fourth-order valence-electron chi connectivity index (χ4n) is 5.06. The van der Waals surface area contributed by atoms with Gasteiger partial charge in [0.2, 0.25) is 16.3 Å². The zero-order valence-electron chi connectivity index (χ0n) is 22.4. The van der Waals surface area contributed by atoms with Gasteiger partial charge in [-0.2, -0.15) is 14.3 Å². The summed E-state index contributed by atoms with van der Waals surface area (Å²) in [6.07, 6.45) is 13.3. The first-order chi connectivity index (χ1) is 17.2. The fourth-order valence-corrected chi connectivity index (χ4v) is 5.44. The second-order valence-electron chi connectivity index (χ2n) is 9.92. The molecule has 3 heterocycles. The average molecular weight is 532 g/mol. The highest BCUT2D eigenvalue weighted by atomic mass is 32.3. The van der Waals surface area contributed by atoms with Crippen LogP contribution in [0.2, 0.25) is 0 Å². The van der Waals surface area contributed by atoms with Gasteiger partial charge in [0, 0.05) is 6.54 Å². The Morgan fingerprint density at radius 3 is 1.94 bits per heavy atom. The number of urea groups is 1. The predicted molar refractivity (Wildman–Crippen MR) is 134 cm³/mol. The van der Waals surface area contributed by atoms with Crippen molar-refractivity contribution in [1.29, 1.82) is 0 Å². The summed E-state index contributed by atoms with van der Waals surface area (Å²) in [7, 11) is -4.97. The molecule has 0 saturated carbocycles. The topological polar surface area (TPSA) is 129 Å². The molecule has 2 fully saturated rings. The van der Waals surface area contributed by atoms with Crippen molar-refractivity contribution in [2.75, 3.05) is 32.7 Å². The molecule has 0 spiro atoms. The molecule has 2 atom stereocenters. The maximum atomic E-state index is 12.0. The predicted octanol–water partition coefficient (Wildman–Crippen LogP) is 4.41. The van der Waals surface area contributed by atoms with Crippen LogP contribution in [0, 0.1) is 0 Å². The lowest BCUT2D eigenvalue weighted by Crippen LogP contribution is -2.50. The molecule has 2 aliphatic rings. The Balaban J connectivity index is 0.000000256. The lowest BCUT2D eigenvalue weighted by atomic mass is 10.0. The number of aromatic nitrogens is 2. The maximum Gasteiger partial charge on any atom is 0.346 e. The number of hydroxylamine groups is 2. The number of nitrogens with zero attached hydrogens (tertiary/aromatic N) is 5. The highest BCUT2D eigenvalue weighted by molar-refractivity contribution is 7.80. The Kier molecular flexibility index (Phi) is 12.6. The minimum absolute atomic E-state index is 0.251. The summed E-state index contributed by atoms with van der Waals surface area (Å²) in [5.74, 6) is 0.277. The smallest absolute Gasteiger partial charge is 0.346 e. The highest BCUT2D eigenvalue weighted by Gasteiger charge is 2.48. The summed E-state index contributed by atoms with van der Waals surface area (Å²) >= 11 is 0. The summed E-state index contributed by atoms with van der Waals surface area (Å²) in [6.45, 7) is 15.3. The van der Waals surface area contributed by atoms with Gasteiger partial charge < -0.3 is 18.5 Å². The third-order valence-electron chi connectivity index (χ3n) is 7.10. The van der Waals surface area contributed by atoms with Gasteiger partial charge in [-0.25, -0.2) is 13.2 Å². The van der Waals surface area contributed by atoms with E-state index in [9.17, 15) is 17.8 Å². The molecule has 12 heteroatoms. The van der Waals surface area contributed by atoms with Gasteiger partial charge in [0.05, 0.1) is 32.2 Å². The van der Waals surface area contributed by atoms with Gasteiger partial charge in [-0.05, 0) is 38.5 Å². The molecule has 0 aromatic carbocycles. The molecule has 3 rings (SSSR count). The summed E-state index contributed by atoms with van der Waals surface area (Å²) in [6, 6.07) is -1.57. The summed E-state index contributed by atoms with van der Waals surface area (Å²) < 4.78 is 42.3. The van der Waals surface area contributed by atoms with Gasteiger partial charge in [-0.15, -0.1) is 0 Å². The number of amides is 2. The molecule has 2 aliphatic heterocycles. The molecule has 0 radical (unpaired) electrons. The number of quaternary nitrogens is 1. The van der Waals surface area contributed by atoms with Gasteiger partial charge >= 0.3 is 6.03 Å². The Morgan fingerprint density at radius 1 is 1.00 bits per heavy atom. The number of hydrogen-bond acceptors (Lipinski definition) is 8. The Hall–Kier alpha value is -1.76. The first-order valence-electron chi connectivity index (χ1n) is 13.6. The number of hydrogen-bond donors (Lipinski definition) is 0. The van der Waals surface area contributed by atoms with Crippen LogP contribution >= 0.6 is 0 Å². The van der Waals surface area contributed by atoms with Crippen molar-refractivity contribution < 1.29 is 31.1 Å². The van der Waals surface area contributed by atoms with Crippen LogP contribution in [0.25, 0.3) is 0 Å². The number of piperidine rings is 1. The highest BCUT2D eigenvalue weighted by Crippen LogP contribution is 2.37. The summed E-state index contributed by atoms with van der Waals surface area (Å²) in [4.78, 5) is 17.2. The zero-order chi connectivity index (χ0) is 26.6. The van der Waals surface area contributed by atoms with Crippen molar-refractivity contribution in [3.8, 4) is 0 Å². The minimum Gasteiger partial charge on any atom is -0.724 e. The second kappa shape index (κ2) is 14.8. The van der Waals surface area contributed by atoms with Crippen molar-refractivity contribution in [3.05, 3.63) is 12.2 Å². The lowest BCUT2D eigenvalue weighted by Gasteiger charge is -2.39. The molecule has 208 valence electrons. The van der Waals surface area contributed by atoms with E-state index in [0.717, 1.165) is 0 Å². The second-order valence-corrected chi connectivity index (χ2v) is 10.9. The van der Waals surface area contributed by atoms with E-state index in [2.05, 4.69) is 42.1 Å².